The van der Waals surface area contributed by atoms with Crippen LogP contribution in [0.1, 0.15) is 78.1 Å². The zero-order valence-electron chi connectivity index (χ0n) is 15.3. The molecule has 0 aromatic rings. The maximum absolute atomic E-state index is 9.94. The first kappa shape index (κ1) is 30.7. The Kier molecular flexibility index (Phi) is 24.3. The van der Waals surface area contributed by atoms with Crippen LogP contribution >= 0.6 is 0 Å². The summed E-state index contributed by atoms with van der Waals surface area (Å²) >= 11 is 0. The molecule has 0 aromatic carbocycles. The SMILES string of the molecule is CCCCCCCOS(=O)(=O)[O-].CCCCCCCOS(=O)(=O)[O-].[Ca+2]. The zero-order valence-corrected chi connectivity index (χ0v) is 19.1. The van der Waals surface area contributed by atoms with Gasteiger partial charge in [0, 0.05) is 0 Å². The Morgan fingerprint density at radius 3 is 1.12 bits per heavy atom. The molecule has 0 N–H and O–H groups in total. The fourth-order valence-corrected chi connectivity index (χ4v) is 2.38. The maximum atomic E-state index is 9.94. The molecule has 0 rings (SSSR count). The molecule has 0 aliphatic heterocycles. The van der Waals surface area contributed by atoms with E-state index in [1.807, 2.05) is 0 Å². The number of hydrogen-bond acceptors (Lipinski definition) is 8. The third-order valence-electron chi connectivity index (χ3n) is 2.95. The Labute approximate surface area is 183 Å². The number of unbranched alkanes of at least 4 members (excludes halogenated alkanes) is 8. The normalized spacial score (nSPS) is 11.4. The molecule has 0 fully saturated rings. The van der Waals surface area contributed by atoms with E-state index in [0.717, 1.165) is 51.4 Å². The van der Waals surface area contributed by atoms with Crippen LogP contribution in [-0.2, 0) is 29.2 Å². The Morgan fingerprint density at radius 1 is 0.600 bits per heavy atom. The molecule has 0 spiro atoms. The number of hydrogen-bond donors (Lipinski definition) is 0. The van der Waals surface area contributed by atoms with Gasteiger partial charge in [-0.15, -0.1) is 0 Å². The average Bonchev–Trinajstić information content (AvgIpc) is 2.45. The van der Waals surface area contributed by atoms with Gasteiger partial charge in [-0.1, -0.05) is 65.2 Å². The molecule has 8 nitrogen and oxygen atoms in total. The maximum Gasteiger partial charge on any atom is 2.00 e. The molecule has 0 atom stereocenters. The monoisotopic (exact) mass is 430 g/mol. The van der Waals surface area contributed by atoms with Crippen molar-refractivity contribution in [3.05, 3.63) is 0 Å². The quantitative estimate of drug-likeness (QED) is 0.178. The van der Waals surface area contributed by atoms with Crippen molar-refractivity contribution in [3.8, 4) is 0 Å². The Hall–Kier alpha value is 1.000. The molecule has 0 unspecified atom stereocenters. The molecule has 0 aliphatic rings. The topological polar surface area (TPSA) is 133 Å². The molecule has 0 saturated carbocycles. The van der Waals surface area contributed by atoms with Crippen LogP contribution in [0, 0.1) is 0 Å². The molecule has 0 aromatic heterocycles. The van der Waals surface area contributed by atoms with E-state index in [9.17, 15) is 25.9 Å². The summed E-state index contributed by atoms with van der Waals surface area (Å²) in [5, 5.41) is 0. The summed E-state index contributed by atoms with van der Waals surface area (Å²) in [6.45, 7) is 4.24. The Morgan fingerprint density at radius 2 is 0.880 bits per heavy atom. The van der Waals surface area contributed by atoms with Crippen molar-refractivity contribution >= 4 is 58.5 Å². The van der Waals surface area contributed by atoms with Crippen LogP contribution in [-0.4, -0.2) is 76.9 Å². The largest absolute Gasteiger partial charge is 2.00 e. The fraction of sp³-hybridized carbons (Fsp3) is 1.00. The first-order valence-electron chi connectivity index (χ1n) is 8.32. The molecule has 25 heavy (non-hydrogen) atoms. The molecule has 0 aliphatic carbocycles. The smallest absolute Gasteiger partial charge is 0.726 e. The molecular weight excluding hydrogens is 400 g/mol. The minimum Gasteiger partial charge on any atom is -0.726 e. The third kappa shape index (κ3) is 36.6. The Balaban J connectivity index is -0.000000372. The summed E-state index contributed by atoms with van der Waals surface area (Å²) in [7, 11) is -8.93. The molecule has 0 amide bonds. The average molecular weight is 431 g/mol. The van der Waals surface area contributed by atoms with Crippen LogP contribution in [0.15, 0.2) is 0 Å². The minimum atomic E-state index is -4.47. The van der Waals surface area contributed by atoms with Gasteiger partial charge in [0.1, 0.15) is 0 Å². The van der Waals surface area contributed by atoms with Crippen molar-refractivity contribution in [1.29, 1.82) is 0 Å². The minimum absolute atomic E-state index is 0. The van der Waals surface area contributed by atoms with Crippen LogP contribution in [0.5, 0.6) is 0 Å². The molecule has 0 heterocycles. The third-order valence-corrected chi connectivity index (χ3v) is 3.86. The van der Waals surface area contributed by atoms with Crippen molar-refractivity contribution in [2.45, 2.75) is 78.1 Å². The van der Waals surface area contributed by atoms with Gasteiger partial charge in [0.25, 0.3) is 0 Å². The van der Waals surface area contributed by atoms with Gasteiger partial charge in [-0.2, -0.15) is 0 Å². The van der Waals surface area contributed by atoms with Crippen molar-refractivity contribution in [2.75, 3.05) is 13.2 Å². The van der Waals surface area contributed by atoms with Gasteiger partial charge in [-0.3, -0.25) is 8.37 Å². The van der Waals surface area contributed by atoms with E-state index in [4.69, 9.17) is 0 Å². The standard InChI is InChI=1S/2C7H16O4S.Ca/c2*1-2-3-4-5-6-7-11-12(8,9)10;/h2*2-7H2,1H3,(H,8,9,10);/q;;+2/p-2. The van der Waals surface area contributed by atoms with Crippen LogP contribution in [0.4, 0.5) is 0 Å². The van der Waals surface area contributed by atoms with Crippen molar-refractivity contribution in [2.24, 2.45) is 0 Å². The fourth-order valence-electron chi connectivity index (χ4n) is 1.73. The van der Waals surface area contributed by atoms with Crippen LogP contribution < -0.4 is 0 Å². The van der Waals surface area contributed by atoms with Gasteiger partial charge in [0.2, 0.25) is 20.8 Å². The van der Waals surface area contributed by atoms with Crippen LogP contribution in [0.2, 0.25) is 0 Å². The molecule has 0 radical (unpaired) electrons. The van der Waals surface area contributed by atoms with Gasteiger partial charge >= 0.3 is 37.7 Å². The summed E-state index contributed by atoms with van der Waals surface area (Å²) in [5.41, 5.74) is 0. The van der Waals surface area contributed by atoms with Gasteiger partial charge in [-0.25, -0.2) is 16.8 Å². The van der Waals surface area contributed by atoms with Crippen LogP contribution in [0.3, 0.4) is 0 Å². The second-order valence-corrected chi connectivity index (χ2v) is 7.39. The summed E-state index contributed by atoms with van der Waals surface area (Å²) in [4.78, 5) is 0. The number of rotatable bonds is 14. The summed E-state index contributed by atoms with van der Waals surface area (Å²) in [6, 6.07) is 0. The summed E-state index contributed by atoms with van der Waals surface area (Å²) < 4.78 is 67.7. The van der Waals surface area contributed by atoms with Gasteiger partial charge in [-0.05, 0) is 12.8 Å². The van der Waals surface area contributed by atoms with E-state index in [-0.39, 0.29) is 51.0 Å². The summed E-state index contributed by atoms with van der Waals surface area (Å²) in [6.07, 6.45) is 9.82. The molecular formula is C14H30CaO8S2. The zero-order chi connectivity index (χ0) is 18.9. The Bertz CT molecular complexity index is 421. The van der Waals surface area contributed by atoms with E-state index in [1.54, 1.807) is 0 Å². The van der Waals surface area contributed by atoms with E-state index in [2.05, 4.69) is 22.2 Å². The van der Waals surface area contributed by atoms with Gasteiger partial charge in [0.05, 0.1) is 13.2 Å². The van der Waals surface area contributed by atoms with Crippen molar-refractivity contribution in [3.63, 3.8) is 0 Å². The van der Waals surface area contributed by atoms with Crippen LogP contribution in [0.25, 0.3) is 0 Å². The molecule has 11 heteroatoms. The predicted molar refractivity (Wildman–Crippen MR) is 94.6 cm³/mol. The summed E-state index contributed by atoms with van der Waals surface area (Å²) in [5.74, 6) is 0. The van der Waals surface area contributed by atoms with Crippen molar-refractivity contribution < 1.29 is 34.3 Å². The van der Waals surface area contributed by atoms with Gasteiger partial charge < -0.3 is 9.11 Å². The van der Waals surface area contributed by atoms with Gasteiger partial charge in [0.15, 0.2) is 0 Å². The van der Waals surface area contributed by atoms with E-state index in [0.29, 0.717) is 12.8 Å². The second-order valence-electron chi connectivity index (χ2n) is 5.29. The van der Waals surface area contributed by atoms with Crippen molar-refractivity contribution in [1.82, 2.24) is 0 Å². The van der Waals surface area contributed by atoms with E-state index >= 15 is 0 Å². The first-order valence-corrected chi connectivity index (χ1v) is 11.0. The van der Waals surface area contributed by atoms with E-state index in [1.165, 1.54) is 0 Å². The van der Waals surface area contributed by atoms with E-state index < -0.39 is 20.8 Å². The molecule has 0 bridgehead atoms. The first-order chi connectivity index (χ1) is 11.1. The molecule has 148 valence electrons. The second kappa shape index (κ2) is 19.8. The predicted octanol–water partition coefficient (Wildman–Crippen LogP) is 2.49. The molecule has 0 saturated heterocycles.